The van der Waals surface area contributed by atoms with Crippen LogP contribution in [-0.4, -0.2) is 32.3 Å². The Morgan fingerprint density at radius 2 is 1.93 bits per heavy atom. The topological polar surface area (TPSA) is 88.9 Å². The predicted octanol–water partition coefficient (Wildman–Crippen LogP) is 3.92. The molecule has 9 heteroatoms. The first-order valence-corrected chi connectivity index (χ1v) is 10.8. The molecule has 0 aliphatic rings. The number of thioether (sulfide) groups is 1. The summed E-state index contributed by atoms with van der Waals surface area (Å²) < 4.78 is 1.87. The number of aryl methyl sites for hydroxylation is 1. The summed E-state index contributed by atoms with van der Waals surface area (Å²) in [5, 5.41) is 15.0. The normalized spacial score (nSPS) is 10.6. The standard InChI is InChI=1S/C21H22ClN5O2S/c1-3-27-18(12-23-20(29)16-9-4-5-10-17(16)22)25-26-21(27)30-13-19(28)24-15-8-6-7-14(2)11-15/h4-11H,3,12-13H2,1-2H3,(H,23,29)(H,24,28). The Bertz CT molecular complexity index is 1050. The van der Waals surface area contributed by atoms with Crippen LogP contribution in [0.1, 0.15) is 28.7 Å². The van der Waals surface area contributed by atoms with Crippen LogP contribution in [0, 0.1) is 6.92 Å². The van der Waals surface area contributed by atoms with Crippen LogP contribution in [0.5, 0.6) is 0 Å². The number of anilines is 1. The second-order valence-corrected chi connectivity index (χ2v) is 7.86. The summed E-state index contributed by atoms with van der Waals surface area (Å²) >= 11 is 7.37. The van der Waals surface area contributed by atoms with Crippen molar-refractivity contribution >= 4 is 40.9 Å². The molecular weight excluding hydrogens is 422 g/mol. The molecule has 0 unspecified atom stereocenters. The van der Waals surface area contributed by atoms with Crippen molar-refractivity contribution in [3.8, 4) is 0 Å². The Hall–Kier alpha value is -2.84. The van der Waals surface area contributed by atoms with E-state index in [-0.39, 0.29) is 24.1 Å². The van der Waals surface area contributed by atoms with Gasteiger partial charge in [-0.2, -0.15) is 0 Å². The molecule has 7 nitrogen and oxygen atoms in total. The lowest BCUT2D eigenvalue weighted by Crippen LogP contribution is -2.25. The van der Waals surface area contributed by atoms with E-state index >= 15 is 0 Å². The van der Waals surface area contributed by atoms with Crippen molar-refractivity contribution < 1.29 is 9.59 Å². The predicted molar refractivity (Wildman–Crippen MR) is 119 cm³/mol. The fraction of sp³-hybridized carbons (Fsp3) is 0.238. The maximum absolute atomic E-state index is 12.3. The van der Waals surface area contributed by atoms with E-state index < -0.39 is 0 Å². The van der Waals surface area contributed by atoms with E-state index in [4.69, 9.17) is 11.6 Å². The molecule has 0 bridgehead atoms. The van der Waals surface area contributed by atoms with Crippen LogP contribution in [0.15, 0.2) is 53.7 Å². The number of benzene rings is 2. The summed E-state index contributed by atoms with van der Waals surface area (Å²) in [6.07, 6.45) is 0. The zero-order valence-corrected chi connectivity index (χ0v) is 18.3. The number of amides is 2. The third-order valence-corrected chi connectivity index (χ3v) is 5.57. The van der Waals surface area contributed by atoms with Gasteiger partial charge in [-0.15, -0.1) is 10.2 Å². The highest BCUT2D eigenvalue weighted by Crippen LogP contribution is 2.19. The SMILES string of the molecule is CCn1c(CNC(=O)c2ccccc2Cl)nnc1SCC(=O)Nc1cccc(C)c1. The molecule has 2 N–H and O–H groups in total. The second kappa shape index (κ2) is 10.3. The molecule has 3 aromatic rings. The van der Waals surface area contributed by atoms with E-state index in [0.29, 0.717) is 28.1 Å². The van der Waals surface area contributed by atoms with E-state index in [1.807, 2.05) is 42.7 Å². The van der Waals surface area contributed by atoms with Crippen LogP contribution in [0.3, 0.4) is 0 Å². The second-order valence-electron chi connectivity index (χ2n) is 6.51. The van der Waals surface area contributed by atoms with Crippen molar-refractivity contribution in [3.63, 3.8) is 0 Å². The quantitative estimate of drug-likeness (QED) is 0.515. The Labute approximate surface area is 184 Å². The Morgan fingerprint density at radius 1 is 1.13 bits per heavy atom. The van der Waals surface area contributed by atoms with E-state index in [9.17, 15) is 9.59 Å². The first-order chi connectivity index (χ1) is 14.5. The molecule has 0 spiro atoms. The molecule has 2 amide bonds. The Balaban J connectivity index is 1.58. The van der Waals surface area contributed by atoms with Crippen molar-refractivity contribution in [2.24, 2.45) is 0 Å². The molecule has 0 aliphatic carbocycles. The maximum Gasteiger partial charge on any atom is 0.253 e. The van der Waals surface area contributed by atoms with Crippen LogP contribution >= 0.6 is 23.4 Å². The van der Waals surface area contributed by atoms with E-state index in [1.165, 1.54) is 11.8 Å². The number of hydrogen-bond donors (Lipinski definition) is 2. The fourth-order valence-electron chi connectivity index (χ4n) is 2.82. The summed E-state index contributed by atoms with van der Waals surface area (Å²) in [6, 6.07) is 14.5. The zero-order valence-electron chi connectivity index (χ0n) is 16.7. The third kappa shape index (κ3) is 5.61. The number of hydrogen-bond acceptors (Lipinski definition) is 5. The van der Waals surface area contributed by atoms with Crippen molar-refractivity contribution in [1.82, 2.24) is 20.1 Å². The number of rotatable bonds is 8. The maximum atomic E-state index is 12.3. The summed E-state index contributed by atoms with van der Waals surface area (Å²) in [5.74, 6) is 0.417. The van der Waals surface area contributed by atoms with Crippen LogP contribution in [0.25, 0.3) is 0 Å². The number of halogens is 1. The van der Waals surface area contributed by atoms with Crippen molar-refractivity contribution in [3.05, 3.63) is 70.5 Å². The first-order valence-electron chi connectivity index (χ1n) is 9.42. The van der Waals surface area contributed by atoms with E-state index in [0.717, 1.165) is 11.3 Å². The average molecular weight is 444 g/mol. The average Bonchev–Trinajstić information content (AvgIpc) is 3.12. The van der Waals surface area contributed by atoms with Crippen molar-refractivity contribution in [2.75, 3.05) is 11.1 Å². The lowest BCUT2D eigenvalue weighted by molar-refractivity contribution is -0.113. The molecule has 2 aromatic carbocycles. The molecule has 0 saturated heterocycles. The lowest BCUT2D eigenvalue weighted by Gasteiger charge is -2.09. The van der Waals surface area contributed by atoms with Crippen LogP contribution in [0.4, 0.5) is 5.69 Å². The molecule has 0 aliphatic heterocycles. The Kier molecular flexibility index (Phi) is 7.48. The number of carbonyl (C=O) groups excluding carboxylic acids is 2. The highest BCUT2D eigenvalue weighted by molar-refractivity contribution is 7.99. The van der Waals surface area contributed by atoms with Gasteiger partial charge in [-0.25, -0.2) is 0 Å². The smallest absolute Gasteiger partial charge is 0.253 e. The highest BCUT2D eigenvalue weighted by atomic mass is 35.5. The number of nitrogens with zero attached hydrogens (tertiary/aromatic N) is 3. The molecule has 0 saturated carbocycles. The third-order valence-electron chi connectivity index (χ3n) is 4.27. The Morgan fingerprint density at radius 3 is 2.67 bits per heavy atom. The van der Waals surface area contributed by atoms with Gasteiger partial charge in [-0.05, 0) is 43.7 Å². The van der Waals surface area contributed by atoms with Gasteiger partial charge in [0.15, 0.2) is 11.0 Å². The molecule has 3 rings (SSSR count). The zero-order chi connectivity index (χ0) is 21.5. The summed E-state index contributed by atoms with van der Waals surface area (Å²) in [5.41, 5.74) is 2.25. The van der Waals surface area contributed by atoms with Gasteiger partial charge in [0.05, 0.1) is 22.9 Å². The largest absolute Gasteiger partial charge is 0.345 e. The molecule has 1 aromatic heterocycles. The van der Waals surface area contributed by atoms with Crippen molar-refractivity contribution in [1.29, 1.82) is 0 Å². The van der Waals surface area contributed by atoms with Gasteiger partial charge >= 0.3 is 0 Å². The number of carbonyl (C=O) groups is 2. The first kappa shape index (κ1) is 21.9. The molecule has 0 radical (unpaired) electrons. The minimum absolute atomic E-state index is 0.121. The van der Waals surface area contributed by atoms with Gasteiger partial charge in [0, 0.05) is 12.2 Å². The van der Waals surface area contributed by atoms with Crippen molar-refractivity contribution in [2.45, 2.75) is 32.1 Å². The van der Waals surface area contributed by atoms with E-state index in [2.05, 4.69) is 20.8 Å². The monoisotopic (exact) mass is 443 g/mol. The molecule has 30 heavy (non-hydrogen) atoms. The van der Waals surface area contributed by atoms with Gasteiger partial charge in [0.2, 0.25) is 5.91 Å². The molecule has 1 heterocycles. The number of aromatic nitrogens is 3. The van der Waals surface area contributed by atoms with Crippen LogP contribution < -0.4 is 10.6 Å². The highest BCUT2D eigenvalue weighted by Gasteiger charge is 2.15. The molecular formula is C21H22ClN5O2S. The fourth-order valence-corrected chi connectivity index (χ4v) is 3.87. The van der Waals surface area contributed by atoms with Gasteiger partial charge in [0.1, 0.15) is 0 Å². The summed E-state index contributed by atoms with van der Waals surface area (Å²) in [6.45, 7) is 4.76. The van der Waals surface area contributed by atoms with E-state index in [1.54, 1.807) is 24.3 Å². The summed E-state index contributed by atoms with van der Waals surface area (Å²) in [7, 11) is 0. The number of nitrogens with one attached hydrogen (secondary N) is 2. The molecule has 0 atom stereocenters. The van der Waals surface area contributed by atoms with Crippen LogP contribution in [0.2, 0.25) is 5.02 Å². The minimum atomic E-state index is -0.280. The molecule has 0 fully saturated rings. The van der Waals surface area contributed by atoms with Gasteiger partial charge in [-0.1, -0.05) is 47.6 Å². The van der Waals surface area contributed by atoms with Gasteiger partial charge < -0.3 is 15.2 Å². The summed E-state index contributed by atoms with van der Waals surface area (Å²) in [4.78, 5) is 24.6. The van der Waals surface area contributed by atoms with Gasteiger partial charge in [0.25, 0.3) is 5.91 Å². The molecule has 156 valence electrons. The minimum Gasteiger partial charge on any atom is -0.345 e. The lowest BCUT2D eigenvalue weighted by atomic mass is 10.2. The van der Waals surface area contributed by atoms with Crippen LogP contribution in [-0.2, 0) is 17.9 Å². The van der Waals surface area contributed by atoms with Gasteiger partial charge in [-0.3, -0.25) is 9.59 Å².